The first-order valence-electron chi connectivity index (χ1n) is 5.99. The van der Waals surface area contributed by atoms with E-state index < -0.39 is 23.5 Å². The summed E-state index contributed by atoms with van der Waals surface area (Å²) in [6, 6.07) is 0. The van der Waals surface area contributed by atoms with Crippen LogP contribution in [0.2, 0.25) is 0 Å². The number of carbonyl (C=O) groups is 2. The topological polar surface area (TPSA) is 63.6 Å². The Balaban J connectivity index is 4.57. The second kappa shape index (κ2) is 6.03. The van der Waals surface area contributed by atoms with Crippen molar-refractivity contribution in [3.05, 3.63) is 0 Å². The predicted octanol–water partition coefficient (Wildman–Crippen LogP) is 2.71. The highest BCUT2D eigenvalue weighted by atomic mass is 16.6. The molecule has 0 fully saturated rings. The molecule has 0 bridgehead atoms. The molecule has 4 heteroatoms. The molecule has 0 saturated heterocycles. The molecule has 2 unspecified atom stereocenters. The molecule has 0 aromatic rings. The van der Waals surface area contributed by atoms with Gasteiger partial charge in [-0.25, -0.2) is 0 Å². The highest BCUT2D eigenvalue weighted by Crippen LogP contribution is 2.25. The van der Waals surface area contributed by atoms with E-state index in [4.69, 9.17) is 9.84 Å². The minimum absolute atomic E-state index is 0.0555. The zero-order valence-corrected chi connectivity index (χ0v) is 11.6. The van der Waals surface area contributed by atoms with Crippen LogP contribution in [0.4, 0.5) is 0 Å². The van der Waals surface area contributed by atoms with Crippen molar-refractivity contribution in [3.63, 3.8) is 0 Å². The second-order valence-corrected chi connectivity index (χ2v) is 5.84. The van der Waals surface area contributed by atoms with Crippen LogP contribution >= 0.6 is 0 Å². The molecule has 1 N–H and O–H groups in total. The minimum atomic E-state index is -0.933. The van der Waals surface area contributed by atoms with Crippen molar-refractivity contribution in [2.45, 2.75) is 53.6 Å². The largest absolute Gasteiger partial charge is 0.481 e. The summed E-state index contributed by atoms with van der Waals surface area (Å²) >= 11 is 0. The van der Waals surface area contributed by atoms with Gasteiger partial charge in [0.05, 0.1) is 12.3 Å². The Bertz CT molecular complexity index is 276. The molecule has 17 heavy (non-hydrogen) atoms. The van der Waals surface area contributed by atoms with Crippen molar-refractivity contribution in [1.29, 1.82) is 0 Å². The molecule has 0 amide bonds. The summed E-state index contributed by atoms with van der Waals surface area (Å²) in [6.45, 7) is 11.1. The lowest BCUT2D eigenvalue weighted by atomic mass is 9.83. The maximum atomic E-state index is 11.6. The third kappa shape index (κ3) is 6.29. The van der Waals surface area contributed by atoms with Crippen molar-refractivity contribution in [3.8, 4) is 0 Å². The molecular formula is C13H24O4. The lowest BCUT2D eigenvalue weighted by Gasteiger charge is -2.25. The first kappa shape index (κ1) is 15.9. The average Bonchev–Trinajstić information content (AvgIpc) is 2.09. The van der Waals surface area contributed by atoms with Gasteiger partial charge in [0.2, 0.25) is 0 Å². The third-order valence-electron chi connectivity index (χ3n) is 2.81. The lowest BCUT2D eigenvalue weighted by molar-refractivity contribution is -0.161. The fraction of sp³-hybridized carbons (Fsp3) is 0.846. The summed E-state index contributed by atoms with van der Waals surface area (Å²) in [7, 11) is 0. The van der Waals surface area contributed by atoms with Crippen LogP contribution in [-0.2, 0) is 14.3 Å². The number of carboxylic acid groups (broad SMARTS) is 1. The molecule has 0 rings (SSSR count). The number of rotatable bonds is 5. The van der Waals surface area contributed by atoms with Gasteiger partial charge >= 0.3 is 11.9 Å². The van der Waals surface area contributed by atoms with Crippen LogP contribution in [0.3, 0.4) is 0 Å². The van der Waals surface area contributed by atoms with Crippen LogP contribution < -0.4 is 0 Å². The molecular weight excluding hydrogens is 220 g/mol. The van der Waals surface area contributed by atoms with E-state index in [1.165, 1.54) is 0 Å². The Kier molecular flexibility index (Phi) is 5.66. The van der Waals surface area contributed by atoms with Crippen LogP contribution in [0.1, 0.15) is 48.0 Å². The molecule has 0 aromatic carbocycles. The number of carboxylic acids is 1. The molecule has 0 aromatic heterocycles. The number of ether oxygens (including phenoxy) is 1. The zero-order chi connectivity index (χ0) is 13.8. The van der Waals surface area contributed by atoms with Crippen molar-refractivity contribution >= 4 is 11.9 Å². The van der Waals surface area contributed by atoms with Crippen molar-refractivity contribution < 1.29 is 19.4 Å². The van der Waals surface area contributed by atoms with Gasteiger partial charge in [0, 0.05) is 0 Å². The second-order valence-electron chi connectivity index (χ2n) is 5.84. The summed E-state index contributed by atoms with van der Waals surface area (Å²) in [5.41, 5.74) is -0.568. The minimum Gasteiger partial charge on any atom is -0.481 e. The van der Waals surface area contributed by atoms with E-state index in [0.717, 1.165) is 0 Å². The fourth-order valence-corrected chi connectivity index (χ4v) is 1.53. The molecule has 2 atom stereocenters. The monoisotopic (exact) mass is 244 g/mol. The van der Waals surface area contributed by atoms with E-state index in [0.29, 0.717) is 0 Å². The van der Waals surface area contributed by atoms with Gasteiger partial charge in [0.15, 0.2) is 0 Å². The number of esters is 1. The van der Waals surface area contributed by atoms with Gasteiger partial charge in [-0.1, -0.05) is 20.8 Å². The third-order valence-corrected chi connectivity index (χ3v) is 2.81. The van der Waals surface area contributed by atoms with E-state index in [1.807, 2.05) is 20.8 Å². The summed E-state index contributed by atoms with van der Waals surface area (Å²) in [5, 5.41) is 9.13. The van der Waals surface area contributed by atoms with Crippen LogP contribution in [0.15, 0.2) is 0 Å². The van der Waals surface area contributed by atoms with Gasteiger partial charge in [-0.2, -0.15) is 0 Å². The van der Waals surface area contributed by atoms with Gasteiger partial charge in [0.25, 0.3) is 0 Å². The van der Waals surface area contributed by atoms with Crippen molar-refractivity contribution in [1.82, 2.24) is 0 Å². The molecule has 0 aliphatic heterocycles. The van der Waals surface area contributed by atoms with Gasteiger partial charge < -0.3 is 9.84 Å². The number of hydrogen-bond donors (Lipinski definition) is 1. The molecule has 0 saturated carbocycles. The van der Waals surface area contributed by atoms with Crippen LogP contribution in [0.5, 0.6) is 0 Å². The Morgan fingerprint density at radius 2 is 1.65 bits per heavy atom. The molecule has 100 valence electrons. The Morgan fingerprint density at radius 3 is 1.94 bits per heavy atom. The number of hydrogen-bond acceptors (Lipinski definition) is 3. The SMILES string of the molecule is CC(C)C(C)C(CC(=O)OC(C)(C)C)C(=O)O. The van der Waals surface area contributed by atoms with E-state index in [1.54, 1.807) is 20.8 Å². The normalized spacial score (nSPS) is 15.5. The average molecular weight is 244 g/mol. The Labute approximate surface area is 103 Å². The van der Waals surface area contributed by atoms with Crippen LogP contribution in [0, 0.1) is 17.8 Å². The summed E-state index contributed by atoms with van der Waals surface area (Å²) in [4.78, 5) is 22.8. The summed E-state index contributed by atoms with van der Waals surface area (Å²) in [5.74, 6) is -1.89. The Morgan fingerprint density at radius 1 is 1.18 bits per heavy atom. The molecule has 0 heterocycles. The highest BCUT2D eigenvalue weighted by Gasteiger charge is 2.31. The lowest BCUT2D eigenvalue weighted by Crippen LogP contribution is -2.31. The smallest absolute Gasteiger partial charge is 0.307 e. The predicted molar refractivity (Wildman–Crippen MR) is 65.6 cm³/mol. The first-order chi connectivity index (χ1) is 7.54. The Hall–Kier alpha value is -1.06. The van der Waals surface area contributed by atoms with E-state index in [2.05, 4.69) is 0 Å². The van der Waals surface area contributed by atoms with Crippen molar-refractivity contribution in [2.75, 3.05) is 0 Å². The van der Waals surface area contributed by atoms with E-state index >= 15 is 0 Å². The van der Waals surface area contributed by atoms with Gasteiger partial charge in [-0.3, -0.25) is 9.59 Å². The van der Waals surface area contributed by atoms with E-state index in [9.17, 15) is 9.59 Å². The molecule has 0 aliphatic rings. The van der Waals surface area contributed by atoms with Crippen LogP contribution in [0.25, 0.3) is 0 Å². The highest BCUT2D eigenvalue weighted by molar-refractivity contribution is 5.79. The molecule has 0 spiro atoms. The summed E-state index contributed by atoms with van der Waals surface area (Å²) in [6.07, 6.45) is -0.0635. The number of carbonyl (C=O) groups excluding carboxylic acids is 1. The van der Waals surface area contributed by atoms with Gasteiger partial charge in [0.1, 0.15) is 5.60 Å². The molecule has 0 aliphatic carbocycles. The van der Waals surface area contributed by atoms with Gasteiger partial charge in [-0.15, -0.1) is 0 Å². The quantitative estimate of drug-likeness (QED) is 0.755. The molecule has 4 nitrogen and oxygen atoms in total. The number of aliphatic carboxylic acids is 1. The summed E-state index contributed by atoms with van der Waals surface area (Å²) < 4.78 is 5.15. The van der Waals surface area contributed by atoms with Gasteiger partial charge in [-0.05, 0) is 32.6 Å². The molecule has 0 radical (unpaired) electrons. The standard InChI is InChI=1S/C13H24O4/c1-8(2)9(3)10(12(15)16)7-11(14)17-13(4,5)6/h8-10H,7H2,1-6H3,(H,15,16). The first-order valence-corrected chi connectivity index (χ1v) is 5.99. The maximum Gasteiger partial charge on any atom is 0.307 e. The van der Waals surface area contributed by atoms with Crippen molar-refractivity contribution in [2.24, 2.45) is 17.8 Å². The maximum absolute atomic E-state index is 11.6. The fourth-order valence-electron chi connectivity index (χ4n) is 1.53. The van der Waals surface area contributed by atoms with Crippen LogP contribution in [-0.4, -0.2) is 22.6 Å². The van der Waals surface area contributed by atoms with E-state index in [-0.39, 0.29) is 18.3 Å². The zero-order valence-electron chi connectivity index (χ0n) is 11.6.